The van der Waals surface area contributed by atoms with E-state index in [2.05, 4.69) is 36.1 Å². The lowest BCUT2D eigenvalue weighted by Crippen LogP contribution is -2.26. The van der Waals surface area contributed by atoms with Crippen LogP contribution in [0.2, 0.25) is 0 Å². The molecule has 1 aliphatic carbocycles. The van der Waals surface area contributed by atoms with Crippen LogP contribution in [0, 0.1) is 11.3 Å². The van der Waals surface area contributed by atoms with Crippen molar-refractivity contribution in [3.8, 4) is 0 Å². The summed E-state index contributed by atoms with van der Waals surface area (Å²) in [4.78, 5) is 32.5. The molecular weight excluding hydrogens is 310 g/mol. The van der Waals surface area contributed by atoms with Gasteiger partial charge >= 0.3 is 0 Å². The van der Waals surface area contributed by atoms with E-state index in [1.807, 2.05) is 0 Å². The zero-order chi connectivity index (χ0) is 16.8. The number of carbonyl (C=O) groups is 1. The molecule has 0 radical (unpaired) electrons. The number of fused-ring (bicyclic) bond motifs is 3. The fourth-order valence-corrected chi connectivity index (χ4v) is 4.52. The molecule has 1 aliphatic rings. The van der Waals surface area contributed by atoms with Gasteiger partial charge in [-0.15, -0.1) is 11.3 Å². The molecule has 0 saturated carbocycles. The summed E-state index contributed by atoms with van der Waals surface area (Å²) in [7, 11) is 1.58. The van der Waals surface area contributed by atoms with Crippen LogP contribution in [0.25, 0.3) is 10.2 Å². The molecule has 1 atom stereocenters. The summed E-state index contributed by atoms with van der Waals surface area (Å²) in [5, 5.41) is 2.56. The van der Waals surface area contributed by atoms with Gasteiger partial charge in [-0.1, -0.05) is 20.8 Å². The number of amides is 1. The Morgan fingerprint density at radius 2 is 2.17 bits per heavy atom. The zero-order valence-electron chi connectivity index (χ0n) is 14.1. The highest BCUT2D eigenvalue weighted by atomic mass is 32.1. The smallest absolute Gasteiger partial charge is 0.268 e. The Morgan fingerprint density at radius 1 is 1.43 bits per heavy atom. The molecule has 2 aromatic rings. The number of thiophene rings is 1. The average Bonchev–Trinajstić information content (AvgIpc) is 2.85. The molecule has 5 nitrogen and oxygen atoms in total. The monoisotopic (exact) mass is 333 g/mol. The lowest BCUT2D eigenvalue weighted by molar-refractivity contribution is -0.120. The quantitative estimate of drug-likeness (QED) is 0.886. The van der Waals surface area contributed by atoms with E-state index in [0.717, 1.165) is 24.8 Å². The number of aryl methyl sites for hydroxylation is 1. The van der Waals surface area contributed by atoms with Crippen molar-refractivity contribution in [2.75, 3.05) is 7.05 Å². The fraction of sp³-hybridized carbons (Fsp3) is 0.588. The van der Waals surface area contributed by atoms with Crippen LogP contribution < -0.4 is 10.9 Å². The van der Waals surface area contributed by atoms with E-state index in [9.17, 15) is 9.59 Å². The molecule has 23 heavy (non-hydrogen) atoms. The molecule has 124 valence electrons. The topological polar surface area (TPSA) is 74.8 Å². The van der Waals surface area contributed by atoms with Crippen molar-refractivity contribution in [3.63, 3.8) is 0 Å². The summed E-state index contributed by atoms with van der Waals surface area (Å²) in [5.41, 5.74) is 2.17. The van der Waals surface area contributed by atoms with Crippen LogP contribution in [-0.2, 0) is 24.1 Å². The van der Waals surface area contributed by atoms with E-state index in [-0.39, 0.29) is 23.3 Å². The number of nitrogens with zero attached hydrogens (tertiary/aromatic N) is 1. The number of rotatable bonds is 2. The first kappa shape index (κ1) is 16.2. The Hall–Kier alpha value is -1.69. The number of likely N-dealkylation sites (N-methyl/N-ethyl adjacent to an activating group) is 1. The lowest BCUT2D eigenvalue weighted by Gasteiger charge is -2.33. The second kappa shape index (κ2) is 5.74. The molecule has 6 heteroatoms. The molecule has 2 heterocycles. The minimum absolute atomic E-state index is 0.108. The minimum atomic E-state index is -0.149. The lowest BCUT2D eigenvalue weighted by atomic mass is 9.72. The summed E-state index contributed by atoms with van der Waals surface area (Å²) in [5.74, 6) is 0.928. The second-order valence-electron chi connectivity index (χ2n) is 7.35. The van der Waals surface area contributed by atoms with Crippen LogP contribution in [0.1, 0.15) is 43.5 Å². The van der Waals surface area contributed by atoms with Crippen molar-refractivity contribution in [1.82, 2.24) is 15.3 Å². The van der Waals surface area contributed by atoms with Gasteiger partial charge in [-0.3, -0.25) is 9.59 Å². The first-order chi connectivity index (χ1) is 10.8. The average molecular weight is 333 g/mol. The summed E-state index contributed by atoms with van der Waals surface area (Å²) in [6, 6.07) is 0. The Morgan fingerprint density at radius 3 is 2.83 bits per heavy atom. The summed E-state index contributed by atoms with van der Waals surface area (Å²) in [6.07, 6.45) is 3.22. The first-order valence-electron chi connectivity index (χ1n) is 8.03. The molecule has 0 fully saturated rings. The Bertz CT molecular complexity index is 814. The van der Waals surface area contributed by atoms with Crippen LogP contribution >= 0.6 is 11.3 Å². The third-order valence-corrected chi connectivity index (χ3v) is 6.02. The van der Waals surface area contributed by atoms with Gasteiger partial charge in [0.15, 0.2) is 0 Å². The molecule has 2 aromatic heterocycles. The molecule has 0 bridgehead atoms. The van der Waals surface area contributed by atoms with Crippen LogP contribution in [0.15, 0.2) is 4.79 Å². The molecule has 0 spiro atoms. The SMILES string of the molecule is CNC(=O)Cc1nc2c3c(sc2c(=O)[nH]1)CC(C(C)(C)C)CC3. The van der Waals surface area contributed by atoms with Gasteiger partial charge in [-0.2, -0.15) is 0 Å². The third kappa shape index (κ3) is 3.04. The van der Waals surface area contributed by atoms with Gasteiger partial charge < -0.3 is 10.3 Å². The number of carbonyl (C=O) groups excluding carboxylic acids is 1. The highest BCUT2D eigenvalue weighted by Gasteiger charge is 2.31. The predicted octanol–water partition coefficient (Wildman–Crippen LogP) is 2.42. The predicted molar refractivity (Wildman–Crippen MR) is 93.0 cm³/mol. The van der Waals surface area contributed by atoms with Gasteiger partial charge in [-0.05, 0) is 36.2 Å². The number of hydrogen-bond acceptors (Lipinski definition) is 4. The van der Waals surface area contributed by atoms with Crippen molar-refractivity contribution in [3.05, 3.63) is 26.6 Å². The van der Waals surface area contributed by atoms with Gasteiger partial charge in [0.25, 0.3) is 5.56 Å². The fourth-order valence-electron chi connectivity index (χ4n) is 3.26. The standard InChI is InChI=1S/C17H23N3O2S/c1-17(2,3)9-5-6-10-11(7-9)23-15-14(10)19-12(20-16(15)22)8-13(21)18-4/h9H,5-8H2,1-4H3,(H,18,21)(H,19,20,22). The maximum Gasteiger partial charge on any atom is 0.268 e. The number of H-pyrrole nitrogens is 1. The number of aromatic nitrogens is 2. The maximum absolute atomic E-state index is 12.3. The highest BCUT2D eigenvalue weighted by Crippen LogP contribution is 2.41. The Kier molecular flexibility index (Phi) is 4.04. The van der Waals surface area contributed by atoms with Gasteiger partial charge in [0.1, 0.15) is 10.5 Å². The van der Waals surface area contributed by atoms with Crippen molar-refractivity contribution in [1.29, 1.82) is 0 Å². The maximum atomic E-state index is 12.3. The molecule has 1 amide bonds. The van der Waals surface area contributed by atoms with Gasteiger partial charge in [-0.25, -0.2) is 4.98 Å². The van der Waals surface area contributed by atoms with Crippen LogP contribution in [0.3, 0.4) is 0 Å². The first-order valence-corrected chi connectivity index (χ1v) is 8.85. The van der Waals surface area contributed by atoms with Crippen molar-refractivity contribution in [2.45, 2.75) is 46.5 Å². The minimum Gasteiger partial charge on any atom is -0.359 e. The van der Waals surface area contributed by atoms with Crippen molar-refractivity contribution < 1.29 is 4.79 Å². The van der Waals surface area contributed by atoms with Crippen LogP contribution in [0.5, 0.6) is 0 Å². The summed E-state index contributed by atoms with van der Waals surface area (Å²) < 4.78 is 0.699. The molecule has 2 N–H and O–H groups in total. The van der Waals surface area contributed by atoms with E-state index in [1.54, 1.807) is 18.4 Å². The van der Waals surface area contributed by atoms with E-state index in [4.69, 9.17) is 0 Å². The largest absolute Gasteiger partial charge is 0.359 e. The van der Waals surface area contributed by atoms with E-state index in [0.29, 0.717) is 16.4 Å². The van der Waals surface area contributed by atoms with Gasteiger partial charge in [0, 0.05) is 11.9 Å². The molecular formula is C17H23N3O2S. The molecule has 3 rings (SSSR count). The van der Waals surface area contributed by atoms with E-state index in [1.165, 1.54) is 10.4 Å². The zero-order valence-corrected chi connectivity index (χ0v) is 14.9. The molecule has 1 unspecified atom stereocenters. The van der Waals surface area contributed by atoms with Gasteiger partial charge in [0.05, 0.1) is 11.9 Å². The Balaban J connectivity index is 2.03. The van der Waals surface area contributed by atoms with Crippen LogP contribution in [-0.4, -0.2) is 22.9 Å². The van der Waals surface area contributed by atoms with Crippen LogP contribution in [0.4, 0.5) is 0 Å². The molecule has 0 saturated heterocycles. The van der Waals surface area contributed by atoms with E-state index >= 15 is 0 Å². The van der Waals surface area contributed by atoms with Crippen molar-refractivity contribution >= 4 is 27.5 Å². The second-order valence-corrected chi connectivity index (χ2v) is 8.46. The molecule has 0 aliphatic heterocycles. The number of nitrogens with one attached hydrogen (secondary N) is 2. The van der Waals surface area contributed by atoms with Crippen molar-refractivity contribution in [2.24, 2.45) is 11.3 Å². The Labute approximate surface area is 139 Å². The highest BCUT2D eigenvalue weighted by molar-refractivity contribution is 7.19. The number of hydrogen-bond donors (Lipinski definition) is 2. The number of aromatic amines is 1. The normalized spacial score (nSPS) is 18.0. The third-order valence-electron chi connectivity index (χ3n) is 4.78. The summed E-state index contributed by atoms with van der Waals surface area (Å²) in [6.45, 7) is 6.84. The molecule has 0 aromatic carbocycles. The summed E-state index contributed by atoms with van der Waals surface area (Å²) >= 11 is 1.57. The van der Waals surface area contributed by atoms with E-state index < -0.39 is 0 Å². The van der Waals surface area contributed by atoms with Gasteiger partial charge in [0.2, 0.25) is 5.91 Å².